The van der Waals surface area contributed by atoms with E-state index in [2.05, 4.69) is 0 Å². The highest BCUT2D eigenvalue weighted by Gasteiger charge is 2.54. The minimum absolute atomic E-state index is 0.775. The minimum Gasteiger partial charge on any atom is -0.454 e. The lowest BCUT2D eigenvalue weighted by molar-refractivity contribution is -0.386. The van der Waals surface area contributed by atoms with E-state index in [0.717, 1.165) is 6.92 Å². The summed E-state index contributed by atoms with van der Waals surface area (Å²) in [6.07, 6.45) is -24.3. The maximum absolute atomic E-state index is 11.6. The molecule has 9 N–H and O–H groups in total. The normalized spacial score (nSPS) is 50.0. The van der Waals surface area contributed by atoms with E-state index in [4.69, 9.17) is 28.4 Å². The Labute approximate surface area is 205 Å². The van der Waals surface area contributed by atoms with Gasteiger partial charge in [0.2, 0.25) is 0 Å². The summed E-state index contributed by atoms with van der Waals surface area (Å²) < 4.78 is 32.2. The second-order valence-electron chi connectivity index (χ2n) is 8.90. The number of carbonyl (C=O) groups is 1. The van der Waals surface area contributed by atoms with Crippen molar-refractivity contribution in [3.8, 4) is 0 Å². The summed E-state index contributed by atoms with van der Waals surface area (Å²) >= 11 is 0. The van der Waals surface area contributed by atoms with Gasteiger partial charge in [0.1, 0.15) is 61.0 Å². The zero-order valence-electron chi connectivity index (χ0n) is 19.5. The van der Waals surface area contributed by atoms with Crippen LogP contribution in [0.2, 0.25) is 0 Å². The molecular formula is C20H34O16. The summed E-state index contributed by atoms with van der Waals surface area (Å²) in [5.74, 6) is -0.889. The number of hydrogen-bond donors (Lipinski definition) is 9. The topological polar surface area (TPSA) is 255 Å². The predicted molar refractivity (Wildman–Crippen MR) is 109 cm³/mol. The van der Waals surface area contributed by atoms with Gasteiger partial charge in [0.05, 0.1) is 19.3 Å². The van der Waals surface area contributed by atoms with Crippen molar-refractivity contribution in [2.75, 3.05) is 13.2 Å². The smallest absolute Gasteiger partial charge is 0.303 e. The Morgan fingerprint density at radius 1 is 0.667 bits per heavy atom. The lowest BCUT2D eigenvalue weighted by Gasteiger charge is -2.48. The van der Waals surface area contributed by atoms with Crippen LogP contribution >= 0.6 is 0 Å². The lowest BCUT2D eigenvalue weighted by Crippen LogP contribution is -2.67. The maximum atomic E-state index is 11.6. The molecule has 0 saturated carbocycles. The number of ether oxygens (including phenoxy) is 6. The average molecular weight is 530 g/mol. The van der Waals surface area contributed by atoms with E-state index in [0.29, 0.717) is 0 Å². The highest BCUT2D eigenvalue weighted by Crippen LogP contribution is 2.33. The molecule has 16 nitrogen and oxygen atoms in total. The Bertz CT molecular complexity index is 726. The molecule has 210 valence electrons. The fourth-order valence-electron chi connectivity index (χ4n) is 4.28. The van der Waals surface area contributed by atoms with Crippen LogP contribution in [-0.2, 0) is 33.2 Å². The Kier molecular flexibility index (Phi) is 9.97. The molecule has 0 radical (unpaired) electrons. The number of aliphatic hydroxyl groups is 9. The Balaban J connectivity index is 1.88. The third-order valence-corrected chi connectivity index (χ3v) is 6.33. The molecule has 0 bridgehead atoms. The largest absolute Gasteiger partial charge is 0.454 e. The van der Waals surface area contributed by atoms with Gasteiger partial charge in [-0.05, 0) is 6.92 Å². The van der Waals surface area contributed by atoms with Gasteiger partial charge in [0.15, 0.2) is 25.0 Å². The fraction of sp³-hybridized carbons (Fsp3) is 0.950. The van der Waals surface area contributed by atoms with E-state index < -0.39 is 111 Å². The van der Waals surface area contributed by atoms with Crippen LogP contribution < -0.4 is 0 Å². The van der Waals surface area contributed by atoms with Crippen molar-refractivity contribution in [2.24, 2.45) is 0 Å². The van der Waals surface area contributed by atoms with Crippen LogP contribution in [0.1, 0.15) is 13.8 Å². The van der Waals surface area contributed by atoms with E-state index in [-0.39, 0.29) is 0 Å². The number of carbonyl (C=O) groups excluding carboxylic acids is 1. The number of rotatable bonds is 7. The van der Waals surface area contributed by atoms with Crippen molar-refractivity contribution >= 4 is 5.97 Å². The molecule has 0 spiro atoms. The first kappa shape index (κ1) is 29.5. The summed E-state index contributed by atoms with van der Waals surface area (Å²) in [6, 6.07) is 0. The van der Waals surface area contributed by atoms with E-state index >= 15 is 0 Å². The van der Waals surface area contributed by atoms with Crippen LogP contribution in [0.3, 0.4) is 0 Å². The van der Waals surface area contributed by atoms with Crippen LogP contribution in [0.25, 0.3) is 0 Å². The van der Waals surface area contributed by atoms with Crippen LogP contribution in [0, 0.1) is 0 Å². The molecule has 3 rings (SSSR count). The van der Waals surface area contributed by atoms with Gasteiger partial charge in [-0.3, -0.25) is 4.79 Å². The van der Waals surface area contributed by atoms with Crippen LogP contribution in [0.5, 0.6) is 0 Å². The minimum atomic E-state index is -1.91. The highest BCUT2D eigenvalue weighted by molar-refractivity contribution is 5.66. The van der Waals surface area contributed by atoms with Gasteiger partial charge in [-0.25, -0.2) is 0 Å². The zero-order valence-corrected chi connectivity index (χ0v) is 19.5. The van der Waals surface area contributed by atoms with Crippen LogP contribution in [0.4, 0.5) is 0 Å². The van der Waals surface area contributed by atoms with Gasteiger partial charge in [-0.2, -0.15) is 0 Å². The highest BCUT2D eigenvalue weighted by atomic mass is 16.8. The van der Waals surface area contributed by atoms with E-state index in [9.17, 15) is 50.8 Å². The molecule has 0 amide bonds. The molecule has 1 unspecified atom stereocenters. The van der Waals surface area contributed by atoms with Crippen molar-refractivity contribution < 1.29 is 79.2 Å². The first-order valence-electron chi connectivity index (χ1n) is 11.3. The SMILES string of the molecule is CC(=O)O[C@H]1[C@@H](O[C@H]2[C@@H](O)[C@@H](CO)OC(O)[C@@H]2O[C@@H]2O[C@@H](C)[C@@H](O)[C@@H](O)[C@@H]2O)O[C@H](CO)[C@H](O)[C@@H]1O. The third-order valence-electron chi connectivity index (χ3n) is 6.33. The molecule has 3 saturated heterocycles. The molecule has 3 aliphatic heterocycles. The van der Waals surface area contributed by atoms with Crippen molar-refractivity contribution in [1.29, 1.82) is 0 Å². The molecule has 0 aromatic rings. The molecule has 0 aromatic carbocycles. The fourth-order valence-corrected chi connectivity index (χ4v) is 4.28. The molecule has 36 heavy (non-hydrogen) atoms. The molecule has 3 fully saturated rings. The molecule has 15 atom stereocenters. The number of esters is 1. The summed E-state index contributed by atoms with van der Waals surface area (Å²) in [4.78, 5) is 11.6. The van der Waals surface area contributed by atoms with E-state index in [1.165, 1.54) is 6.92 Å². The van der Waals surface area contributed by atoms with Gasteiger partial charge in [0, 0.05) is 6.92 Å². The third kappa shape index (κ3) is 5.97. The van der Waals surface area contributed by atoms with Gasteiger partial charge in [-0.15, -0.1) is 0 Å². The molecule has 16 heteroatoms. The zero-order chi connectivity index (χ0) is 26.9. The molecule has 3 heterocycles. The Morgan fingerprint density at radius 3 is 1.83 bits per heavy atom. The van der Waals surface area contributed by atoms with Gasteiger partial charge >= 0.3 is 5.97 Å². The maximum Gasteiger partial charge on any atom is 0.303 e. The second kappa shape index (κ2) is 12.2. The Morgan fingerprint density at radius 2 is 1.25 bits per heavy atom. The standard InChI is InChI=1S/C20H34O16/c1-5-9(24)12(27)14(29)19(31-5)36-17-15(11(26)8(4-22)33-18(17)30)35-20-16(32-6(2)23)13(28)10(25)7(3-21)34-20/h5,7-22,24-30H,3-4H2,1-2H3/t5-,7+,8+,9+,10-,11-,12+,13-,14-,15-,16+,17+,18?,19-,20+/m0/s1. The predicted octanol–water partition coefficient (Wildman–Crippen LogP) is -5.97. The van der Waals surface area contributed by atoms with Gasteiger partial charge in [0.25, 0.3) is 0 Å². The lowest BCUT2D eigenvalue weighted by atomic mass is 9.96. The Hall–Kier alpha value is -1.09. The first-order valence-corrected chi connectivity index (χ1v) is 11.3. The quantitative estimate of drug-likeness (QED) is 0.139. The summed E-state index contributed by atoms with van der Waals surface area (Å²) in [5, 5.41) is 91.2. The van der Waals surface area contributed by atoms with Crippen molar-refractivity contribution in [3.05, 3.63) is 0 Å². The monoisotopic (exact) mass is 530 g/mol. The average Bonchev–Trinajstić information content (AvgIpc) is 2.84. The van der Waals surface area contributed by atoms with Crippen LogP contribution in [-0.4, -0.2) is 157 Å². The number of aliphatic hydroxyl groups excluding tert-OH is 9. The van der Waals surface area contributed by atoms with E-state index in [1.807, 2.05) is 0 Å². The number of hydrogen-bond acceptors (Lipinski definition) is 16. The summed E-state index contributed by atoms with van der Waals surface area (Å²) in [5.41, 5.74) is 0. The molecule has 0 aromatic heterocycles. The summed E-state index contributed by atoms with van der Waals surface area (Å²) in [6.45, 7) is 0.839. The van der Waals surface area contributed by atoms with Crippen molar-refractivity contribution in [2.45, 2.75) is 106 Å². The van der Waals surface area contributed by atoms with Gasteiger partial charge in [-0.1, -0.05) is 0 Å². The van der Waals surface area contributed by atoms with Gasteiger partial charge < -0.3 is 74.4 Å². The summed E-state index contributed by atoms with van der Waals surface area (Å²) in [7, 11) is 0. The van der Waals surface area contributed by atoms with Crippen molar-refractivity contribution in [3.63, 3.8) is 0 Å². The molecule has 0 aliphatic carbocycles. The second-order valence-corrected chi connectivity index (χ2v) is 8.90. The van der Waals surface area contributed by atoms with E-state index in [1.54, 1.807) is 0 Å². The first-order chi connectivity index (χ1) is 16.9. The molecule has 3 aliphatic rings. The molecular weight excluding hydrogens is 496 g/mol. The van der Waals surface area contributed by atoms with Crippen molar-refractivity contribution in [1.82, 2.24) is 0 Å². The van der Waals surface area contributed by atoms with Crippen LogP contribution in [0.15, 0.2) is 0 Å².